The Balaban J connectivity index is 0.00000220. The van der Waals surface area contributed by atoms with Crippen LogP contribution in [0.4, 0.5) is 16.2 Å². The zero-order valence-corrected chi connectivity index (χ0v) is 15.0. The van der Waals surface area contributed by atoms with Crippen molar-refractivity contribution in [3.63, 3.8) is 0 Å². The van der Waals surface area contributed by atoms with Gasteiger partial charge < -0.3 is 10.2 Å². The number of imide groups is 1. The number of amides is 3. The minimum Gasteiger partial charge on any atom is -0.397 e. The quantitative estimate of drug-likeness (QED) is 0.386. The van der Waals surface area contributed by atoms with Crippen molar-refractivity contribution in [2.75, 3.05) is 11.4 Å². The van der Waals surface area contributed by atoms with E-state index in [2.05, 4.69) is 5.32 Å². The maximum Gasteiger partial charge on any atom is 0.276 e. The van der Waals surface area contributed by atoms with E-state index in [4.69, 9.17) is 0 Å². The topological polar surface area (TPSA) is 94.6 Å². The summed E-state index contributed by atoms with van der Waals surface area (Å²) in [4.78, 5) is 34.9. The number of nitro benzene ring substituents is 1. The van der Waals surface area contributed by atoms with Crippen LogP contribution in [0.1, 0.15) is 22.3 Å². The Labute approximate surface area is 136 Å². The average Bonchev–Trinajstić information content (AvgIpc) is 2.69. The predicted molar refractivity (Wildman–Crippen MR) is 73.2 cm³/mol. The molecule has 0 unspecified atom stereocenters. The summed E-state index contributed by atoms with van der Waals surface area (Å²) in [5.74, 6) is -0.584. The molecule has 1 aromatic rings. The predicted octanol–water partition coefficient (Wildman–Crippen LogP) is 2.67. The minimum absolute atomic E-state index is 0. The number of rotatable bonds is 2. The van der Waals surface area contributed by atoms with Gasteiger partial charge in [0, 0.05) is 38.9 Å². The molecule has 1 fully saturated rings. The summed E-state index contributed by atoms with van der Waals surface area (Å²) >= 11 is 0. The van der Waals surface area contributed by atoms with Gasteiger partial charge in [-0.1, -0.05) is 0 Å². The molecule has 21 heavy (non-hydrogen) atoms. The molecule has 1 saturated heterocycles. The van der Waals surface area contributed by atoms with E-state index < -0.39 is 16.9 Å². The minimum atomic E-state index is -0.746. The van der Waals surface area contributed by atoms with E-state index in [0.29, 0.717) is 11.1 Å². The van der Waals surface area contributed by atoms with Crippen LogP contribution in [-0.2, 0) is 25.9 Å². The second-order valence-electron chi connectivity index (χ2n) is 4.83. The average molecular weight is 460 g/mol. The molecule has 8 heteroatoms. The molecule has 0 radical (unpaired) electrons. The molecule has 0 atom stereocenters. The Morgan fingerprint density at radius 3 is 2.00 bits per heavy atom. The van der Waals surface area contributed by atoms with Gasteiger partial charge in [0.15, 0.2) is 6.03 Å². The van der Waals surface area contributed by atoms with Gasteiger partial charge in [-0.25, -0.2) is 0 Å². The second-order valence-corrected chi connectivity index (χ2v) is 4.83. The second kappa shape index (κ2) is 5.93. The van der Waals surface area contributed by atoms with Crippen molar-refractivity contribution in [1.29, 1.82) is 0 Å². The number of carbonyl (C=O) groups is 2. The Bertz CT molecular complexity index is 658. The largest absolute Gasteiger partial charge is 0.397 e. The molecule has 0 N–H and O–H groups in total. The van der Waals surface area contributed by atoms with Gasteiger partial charge in [-0.3, -0.25) is 19.7 Å². The number of benzene rings is 1. The molecule has 0 aliphatic carbocycles. The molecule has 1 heterocycles. The van der Waals surface area contributed by atoms with E-state index in [9.17, 15) is 19.7 Å². The molecule has 1 aliphatic rings. The molecule has 112 valence electrons. The Kier molecular flexibility index (Phi) is 4.89. The molecule has 0 spiro atoms. The standard InChI is InChI=1S/C13H15N3O4.W/c1-6-7(2)9(4)12(16(19)20)11(8(6)3)15-5-10(17)14-13(15)18;/h5H2,1-4H3,(H,14,17,18);/p-1. The molecule has 2 rings (SSSR count). The third kappa shape index (κ3) is 2.70. The van der Waals surface area contributed by atoms with Crippen LogP contribution in [0.25, 0.3) is 5.32 Å². The van der Waals surface area contributed by atoms with E-state index in [-0.39, 0.29) is 39.0 Å². The van der Waals surface area contributed by atoms with Crippen molar-refractivity contribution in [2.45, 2.75) is 27.7 Å². The molecule has 1 aromatic carbocycles. The molecule has 0 bridgehead atoms. The fourth-order valence-corrected chi connectivity index (χ4v) is 2.41. The molecular weight excluding hydrogens is 446 g/mol. The first kappa shape index (κ1) is 17.3. The number of nitrogens with zero attached hydrogens (tertiary/aromatic N) is 3. The maximum absolute atomic E-state index is 11.7. The van der Waals surface area contributed by atoms with Crippen molar-refractivity contribution < 1.29 is 35.6 Å². The summed E-state index contributed by atoms with van der Waals surface area (Å²) in [6.07, 6.45) is 0. The van der Waals surface area contributed by atoms with Crippen LogP contribution in [-0.4, -0.2) is 23.4 Å². The summed E-state index contributed by atoms with van der Waals surface area (Å²) in [6.45, 7) is 6.74. The Hall–Kier alpha value is -1.75. The first-order valence-electron chi connectivity index (χ1n) is 6.06. The van der Waals surface area contributed by atoms with E-state index in [1.54, 1.807) is 20.8 Å². The van der Waals surface area contributed by atoms with Crippen LogP contribution in [0.3, 0.4) is 0 Å². The third-order valence-corrected chi connectivity index (χ3v) is 3.82. The Morgan fingerprint density at radius 1 is 1.05 bits per heavy atom. The van der Waals surface area contributed by atoms with Gasteiger partial charge in [0.1, 0.15) is 5.91 Å². The number of nitro groups is 1. The van der Waals surface area contributed by atoms with E-state index >= 15 is 0 Å². The van der Waals surface area contributed by atoms with Crippen molar-refractivity contribution in [3.05, 3.63) is 37.7 Å². The van der Waals surface area contributed by atoms with Gasteiger partial charge in [0.05, 0.1) is 4.92 Å². The van der Waals surface area contributed by atoms with Gasteiger partial charge in [0.25, 0.3) is 5.69 Å². The van der Waals surface area contributed by atoms with Crippen LogP contribution in [0.5, 0.6) is 0 Å². The zero-order chi connectivity index (χ0) is 15.2. The van der Waals surface area contributed by atoms with E-state index in [1.165, 1.54) is 0 Å². The van der Waals surface area contributed by atoms with E-state index in [1.807, 2.05) is 6.92 Å². The number of carbonyl (C=O) groups excluding carboxylic acids is 2. The third-order valence-electron chi connectivity index (χ3n) is 3.82. The molecular formula is C13H14N3O4W-. The van der Waals surface area contributed by atoms with Gasteiger partial charge in [-0.15, -0.1) is 0 Å². The molecule has 0 saturated carbocycles. The monoisotopic (exact) mass is 460 g/mol. The van der Waals surface area contributed by atoms with Crippen molar-refractivity contribution in [2.24, 2.45) is 0 Å². The SMILES string of the molecule is Cc1c(C)c(C)c([N+](=O)[O-])c(N2CC(=O)[N-]C2=O)c1C.[W]. The molecule has 7 nitrogen and oxygen atoms in total. The fourth-order valence-electron chi connectivity index (χ4n) is 2.41. The normalized spacial score (nSPS) is 14.0. The number of anilines is 1. The summed E-state index contributed by atoms with van der Waals surface area (Å²) in [6, 6.07) is -0.746. The van der Waals surface area contributed by atoms with Crippen LogP contribution in [0.15, 0.2) is 0 Å². The number of urea groups is 1. The molecule has 1 aliphatic heterocycles. The maximum atomic E-state index is 11.7. The summed E-state index contributed by atoms with van der Waals surface area (Å²) in [5.41, 5.74) is 2.85. The van der Waals surface area contributed by atoms with Gasteiger partial charge >= 0.3 is 0 Å². The fraction of sp³-hybridized carbons (Fsp3) is 0.385. The van der Waals surface area contributed by atoms with Crippen LogP contribution < -0.4 is 4.90 Å². The number of hydrogen-bond donors (Lipinski definition) is 0. The van der Waals surface area contributed by atoms with Crippen molar-refractivity contribution in [1.82, 2.24) is 0 Å². The smallest absolute Gasteiger partial charge is 0.276 e. The molecule has 0 aromatic heterocycles. The van der Waals surface area contributed by atoms with Crippen LogP contribution in [0.2, 0.25) is 0 Å². The van der Waals surface area contributed by atoms with Gasteiger partial charge in [-0.2, -0.15) is 0 Å². The zero-order valence-electron chi connectivity index (χ0n) is 12.1. The van der Waals surface area contributed by atoms with Crippen LogP contribution >= 0.6 is 0 Å². The number of hydrogen-bond acceptors (Lipinski definition) is 4. The first-order chi connectivity index (χ1) is 9.25. The van der Waals surface area contributed by atoms with Gasteiger partial charge in [0.2, 0.25) is 0 Å². The van der Waals surface area contributed by atoms with Gasteiger partial charge in [-0.05, 0) is 44.4 Å². The Morgan fingerprint density at radius 2 is 1.57 bits per heavy atom. The summed E-state index contributed by atoms with van der Waals surface area (Å²) in [7, 11) is 0. The van der Waals surface area contributed by atoms with Crippen LogP contribution in [0, 0.1) is 37.8 Å². The summed E-state index contributed by atoms with van der Waals surface area (Å²) in [5, 5.41) is 14.7. The van der Waals surface area contributed by atoms with E-state index in [0.717, 1.165) is 16.0 Å². The van der Waals surface area contributed by atoms with Crippen molar-refractivity contribution in [3.8, 4) is 0 Å². The van der Waals surface area contributed by atoms with Crippen molar-refractivity contribution >= 4 is 23.3 Å². The summed E-state index contributed by atoms with van der Waals surface area (Å²) < 4.78 is 0. The first-order valence-corrected chi connectivity index (χ1v) is 6.06. The molecule has 3 amide bonds.